The lowest BCUT2D eigenvalue weighted by Crippen LogP contribution is -2.09. The van der Waals surface area contributed by atoms with E-state index >= 15 is 0 Å². The lowest BCUT2D eigenvalue weighted by molar-refractivity contribution is -0.139. The molecule has 2 nitrogen and oxygen atoms in total. The van der Waals surface area contributed by atoms with Gasteiger partial charge in [0.1, 0.15) is 0 Å². The summed E-state index contributed by atoms with van der Waals surface area (Å²) in [5, 5.41) is 0.726. The van der Waals surface area contributed by atoms with Crippen molar-refractivity contribution in [3.63, 3.8) is 0 Å². The third kappa shape index (κ3) is 3.22. The summed E-state index contributed by atoms with van der Waals surface area (Å²) in [5.41, 5.74) is 5.25. The summed E-state index contributed by atoms with van der Waals surface area (Å²) < 4.78 is 6.31. The van der Waals surface area contributed by atoms with E-state index in [2.05, 4.69) is 40.7 Å². The minimum absolute atomic E-state index is 0.211. The molecule has 0 amide bonds. The Bertz CT molecular complexity index is 746. The Balaban J connectivity index is 1.90. The van der Waals surface area contributed by atoms with Crippen LogP contribution in [0.5, 0.6) is 0 Å². The Morgan fingerprint density at radius 1 is 1.22 bits per heavy atom. The summed E-state index contributed by atoms with van der Waals surface area (Å²) >= 11 is 9.70. The maximum atomic E-state index is 11.6. The van der Waals surface area contributed by atoms with Crippen LogP contribution in [0, 0.1) is 0 Å². The molecule has 23 heavy (non-hydrogen) atoms. The van der Waals surface area contributed by atoms with Crippen LogP contribution < -0.4 is 0 Å². The van der Waals surface area contributed by atoms with Gasteiger partial charge in [0.25, 0.3) is 0 Å². The molecule has 2 aromatic rings. The quantitative estimate of drug-likeness (QED) is 0.492. The fraction of sp³-hybridized carbons (Fsp3) is 0.211. The predicted octanol–water partition coefficient (Wildman–Crippen LogP) is 5.72. The fourth-order valence-electron chi connectivity index (χ4n) is 3.00. The SMILES string of the molecule is C=C(C)C(=O)OCCC1c2ccc(Cl)cc2-c2cc(Br)ccc21. The molecule has 1 aliphatic rings. The van der Waals surface area contributed by atoms with Crippen LogP contribution in [0.25, 0.3) is 11.1 Å². The normalized spacial score (nSPS) is 15.0. The van der Waals surface area contributed by atoms with Crippen LogP contribution in [-0.4, -0.2) is 12.6 Å². The van der Waals surface area contributed by atoms with Crippen LogP contribution in [0.15, 0.2) is 53.0 Å². The Labute approximate surface area is 149 Å². The molecule has 0 aliphatic heterocycles. The van der Waals surface area contributed by atoms with Crippen molar-refractivity contribution in [2.24, 2.45) is 0 Å². The Hall–Kier alpha value is -1.58. The van der Waals surface area contributed by atoms with Gasteiger partial charge in [0.05, 0.1) is 6.61 Å². The van der Waals surface area contributed by atoms with E-state index in [1.807, 2.05) is 18.2 Å². The van der Waals surface area contributed by atoms with Crippen molar-refractivity contribution in [3.8, 4) is 11.1 Å². The molecule has 0 saturated heterocycles. The van der Waals surface area contributed by atoms with E-state index in [0.717, 1.165) is 21.5 Å². The lowest BCUT2D eigenvalue weighted by Gasteiger charge is -2.14. The zero-order valence-corrected chi connectivity index (χ0v) is 15.1. The van der Waals surface area contributed by atoms with Crippen molar-refractivity contribution in [2.75, 3.05) is 6.61 Å². The maximum absolute atomic E-state index is 11.6. The fourth-order valence-corrected chi connectivity index (χ4v) is 3.54. The molecule has 0 saturated carbocycles. The highest BCUT2D eigenvalue weighted by molar-refractivity contribution is 9.10. The first-order valence-corrected chi connectivity index (χ1v) is 8.56. The second kappa shape index (κ2) is 6.50. The average Bonchev–Trinajstić information content (AvgIpc) is 2.80. The third-order valence-corrected chi connectivity index (χ3v) is 4.79. The van der Waals surface area contributed by atoms with Crippen molar-refractivity contribution >= 4 is 33.5 Å². The number of ether oxygens (including phenoxy) is 1. The first-order valence-electron chi connectivity index (χ1n) is 7.39. The van der Waals surface area contributed by atoms with Gasteiger partial charge >= 0.3 is 5.97 Å². The Kier molecular flexibility index (Phi) is 4.60. The van der Waals surface area contributed by atoms with Crippen molar-refractivity contribution in [1.29, 1.82) is 0 Å². The molecule has 0 fully saturated rings. The molecular formula is C19H16BrClO2. The highest BCUT2D eigenvalue weighted by Gasteiger charge is 2.29. The molecule has 118 valence electrons. The van der Waals surface area contributed by atoms with E-state index in [0.29, 0.717) is 12.2 Å². The number of halogens is 2. The third-order valence-electron chi connectivity index (χ3n) is 4.06. The summed E-state index contributed by atoms with van der Waals surface area (Å²) in [6.45, 7) is 5.63. The maximum Gasteiger partial charge on any atom is 0.333 e. The monoisotopic (exact) mass is 390 g/mol. The number of benzene rings is 2. The van der Waals surface area contributed by atoms with E-state index < -0.39 is 0 Å². The van der Waals surface area contributed by atoms with Crippen molar-refractivity contribution in [3.05, 3.63) is 69.2 Å². The number of esters is 1. The molecular weight excluding hydrogens is 376 g/mol. The standard InChI is InChI=1S/C19H16BrClO2/c1-11(2)19(22)23-8-7-16-14-5-3-12(20)9-17(14)18-10-13(21)4-6-15(16)18/h3-6,9-10,16H,1,7-8H2,2H3. The summed E-state index contributed by atoms with van der Waals surface area (Å²) in [7, 11) is 0. The molecule has 3 rings (SSSR count). The van der Waals surface area contributed by atoms with Gasteiger partial charge in [-0.3, -0.25) is 0 Å². The predicted molar refractivity (Wildman–Crippen MR) is 96.8 cm³/mol. The molecule has 0 spiro atoms. The molecule has 0 radical (unpaired) electrons. The summed E-state index contributed by atoms with van der Waals surface area (Å²) in [5.74, 6) is -0.126. The second-order valence-corrected chi connectivity index (χ2v) is 7.07. The van der Waals surface area contributed by atoms with Crippen molar-refractivity contribution in [2.45, 2.75) is 19.3 Å². The topological polar surface area (TPSA) is 26.3 Å². The largest absolute Gasteiger partial charge is 0.462 e. The average molecular weight is 392 g/mol. The zero-order valence-electron chi connectivity index (χ0n) is 12.7. The summed E-state index contributed by atoms with van der Waals surface area (Å²) in [6, 6.07) is 12.3. The van der Waals surface area contributed by atoms with Crippen molar-refractivity contribution < 1.29 is 9.53 Å². The van der Waals surface area contributed by atoms with E-state index in [4.69, 9.17) is 16.3 Å². The number of fused-ring (bicyclic) bond motifs is 3. The van der Waals surface area contributed by atoms with Gasteiger partial charge in [0.2, 0.25) is 0 Å². The smallest absolute Gasteiger partial charge is 0.333 e. The number of hydrogen-bond acceptors (Lipinski definition) is 2. The minimum Gasteiger partial charge on any atom is -0.462 e. The van der Waals surface area contributed by atoms with Crippen LogP contribution in [0.1, 0.15) is 30.4 Å². The van der Waals surface area contributed by atoms with Gasteiger partial charge in [-0.2, -0.15) is 0 Å². The zero-order chi connectivity index (χ0) is 16.6. The van der Waals surface area contributed by atoms with Gasteiger partial charge in [-0.25, -0.2) is 4.79 Å². The highest BCUT2D eigenvalue weighted by atomic mass is 79.9. The lowest BCUT2D eigenvalue weighted by atomic mass is 9.94. The number of carbonyl (C=O) groups excluding carboxylic acids is 1. The number of hydrogen-bond donors (Lipinski definition) is 0. The second-order valence-electron chi connectivity index (χ2n) is 5.72. The summed E-state index contributed by atoms with van der Waals surface area (Å²) in [4.78, 5) is 11.6. The van der Waals surface area contributed by atoms with Crippen LogP contribution in [0.3, 0.4) is 0 Å². The first-order chi connectivity index (χ1) is 11.0. The number of carbonyl (C=O) groups is 1. The van der Waals surface area contributed by atoms with Crippen LogP contribution in [-0.2, 0) is 9.53 Å². The van der Waals surface area contributed by atoms with Crippen molar-refractivity contribution in [1.82, 2.24) is 0 Å². The van der Waals surface area contributed by atoms with E-state index in [9.17, 15) is 4.79 Å². The van der Waals surface area contributed by atoms with Crippen LogP contribution >= 0.6 is 27.5 Å². The highest BCUT2D eigenvalue weighted by Crippen LogP contribution is 2.47. The molecule has 4 heteroatoms. The Morgan fingerprint density at radius 3 is 2.57 bits per heavy atom. The van der Waals surface area contributed by atoms with Crippen LogP contribution in [0.2, 0.25) is 5.02 Å². The summed E-state index contributed by atoms with van der Waals surface area (Å²) in [6.07, 6.45) is 0.738. The molecule has 1 atom stereocenters. The molecule has 2 aromatic carbocycles. The van der Waals surface area contributed by atoms with Gasteiger partial charge in [0.15, 0.2) is 0 Å². The molecule has 1 aliphatic carbocycles. The Morgan fingerprint density at radius 2 is 1.87 bits per heavy atom. The van der Waals surface area contributed by atoms with Gasteiger partial charge in [-0.1, -0.05) is 46.2 Å². The molecule has 0 N–H and O–H groups in total. The molecule has 1 unspecified atom stereocenters. The van der Waals surface area contributed by atoms with Gasteiger partial charge < -0.3 is 4.74 Å². The first kappa shape index (κ1) is 16.3. The van der Waals surface area contributed by atoms with Gasteiger partial charge in [-0.15, -0.1) is 0 Å². The molecule has 0 heterocycles. The van der Waals surface area contributed by atoms with E-state index in [1.165, 1.54) is 16.7 Å². The van der Waals surface area contributed by atoms with Gasteiger partial charge in [0, 0.05) is 21.0 Å². The van der Waals surface area contributed by atoms with Gasteiger partial charge in [-0.05, 0) is 59.9 Å². The van der Waals surface area contributed by atoms with E-state index in [-0.39, 0.29) is 11.9 Å². The van der Waals surface area contributed by atoms with E-state index in [1.54, 1.807) is 6.92 Å². The molecule has 0 aromatic heterocycles. The number of rotatable bonds is 4. The molecule has 0 bridgehead atoms. The van der Waals surface area contributed by atoms with Crippen LogP contribution in [0.4, 0.5) is 0 Å². The minimum atomic E-state index is -0.338.